The summed E-state index contributed by atoms with van der Waals surface area (Å²) >= 11 is 0. The van der Waals surface area contributed by atoms with E-state index in [9.17, 15) is 0 Å². The number of nitrogens with zero attached hydrogens (tertiary/aromatic N) is 3. The lowest BCUT2D eigenvalue weighted by Crippen LogP contribution is -2.00. The van der Waals surface area contributed by atoms with E-state index in [1.165, 1.54) is 54.4 Å². The first-order valence-electron chi connectivity index (χ1n) is 19.8. The molecule has 0 amide bonds. The molecule has 0 fully saturated rings. The molecule has 270 valence electrons. The van der Waals surface area contributed by atoms with Gasteiger partial charge in [-0.3, -0.25) is 0 Å². The minimum absolute atomic E-state index is 0.890. The Morgan fingerprint density at radius 2 is 0.655 bits per heavy atom. The molecule has 0 bridgehead atoms. The van der Waals surface area contributed by atoms with Crippen LogP contribution in [0.15, 0.2) is 205 Å². The van der Waals surface area contributed by atoms with E-state index in [0.29, 0.717) is 0 Å². The Morgan fingerprint density at radius 1 is 0.241 bits per heavy atom. The molecule has 58 heavy (non-hydrogen) atoms. The van der Waals surface area contributed by atoms with Crippen LogP contribution in [0.4, 0.5) is 0 Å². The van der Waals surface area contributed by atoms with Gasteiger partial charge < -0.3 is 18.1 Å². The molecule has 13 rings (SSSR count). The standard InChI is InChI=1S/C54H33N3O/c1-7-19-47-39(13-1)40-14-2-8-20-48(40)56(47)37-29-35(30-38(32-37)57-49-21-9-3-15-41(49)42-16-4-10-22-50(42)57)34-25-28-52-46(31-34)43-17-5-11-23-51(43)55(52)36-26-27-45-44-18-6-12-24-53(44)58-54(45)33-36/h1-33H. The first-order valence-corrected chi connectivity index (χ1v) is 19.8. The summed E-state index contributed by atoms with van der Waals surface area (Å²) in [5.41, 5.74) is 14.5. The number of furan rings is 1. The van der Waals surface area contributed by atoms with Crippen molar-refractivity contribution >= 4 is 87.4 Å². The summed E-state index contributed by atoms with van der Waals surface area (Å²) in [7, 11) is 0. The third kappa shape index (κ3) is 4.40. The molecule has 0 unspecified atom stereocenters. The lowest BCUT2D eigenvalue weighted by atomic mass is 10.0. The molecule has 0 spiro atoms. The van der Waals surface area contributed by atoms with E-state index in [0.717, 1.165) is 61.2 Å². The normalized spacial score (nSPS) is 12.1. The van der Waals surface area contributed by atoms with Crippen molar-refractivity contribution in [2.45, 2.75) is 0 Å². The maximum atomic E-state index is 6.37. The Labute approximate surface area is 332 Å². The molecule has 4 nitrogen and oxygen atoms in total. The van der Waals surface area contributed by atoms with Gasteiger partial charge in [0.25, 0.3) is 0 Å². The lowest BCUT2D eigenvalue weighted by molar-refractivity contribution is 0.668. The van der Waals surface area contributed by atoms with Crippen LogP contribution in [0.2, 0.25) is 0 Å². The number of para-hydroxylation sites is 6. The van der Waals surface area contributed by atoms with Gasteiger partial charge in [-0.05, 0) is 90.0 Å². The summed E-state index contributed by atoms with van der Waals surface area (Å²) in [4.78, 5) is 0. The quantitative estimate of drug-likeness (QED) is 0.177. The van der Waals surface area contributed by atoms with Crippen LogP contribution >= 0.6 is 0 Å². The number of rotatable bonds is 4. The van der Waals surface area contributed by atoms with Crippen molar-refractivity contribution in [3.8, 4) is 28.2 Å². The van der Waals surface area contributed by atoms with Gasteiger partial charge in [-0.15, -0.1) is 0 Å². The Balaban J connectivity index is 1.08. The summed E-state index contributed by atoms with van der Waals surface area (Å²) in [5.74, 6) is 0. The predicted octanol–water partition coefficient (Wildman–Crippen LogP) is 14.5. The fourth-order valence-corrected chi connectivity index (χ4v) is 9.71. The molecular formula is C54H33N3O. The van der Waals surface area contributed by atoms with Crippen LogP contribution in [0.1, 0.15) is 0 Å². The first kappa shape index (κ1) is 31.4. The van der Waals surface area contributed by atoms with E-state index in [4.69, 9.17) is 4.42 Å². The number of aromatic nitrogens is 3. The van der Waals surface area contributed by atoms with Crippen molar-refractivity contribution in [3.63, 3.8) is 0 Å². The van der Waals surface area contributed by atoms with Gasteiger partial charge in [0.2, 0.25) is 0 Å². The van der Waals surface area contributed by atoms with E-state index in [2.05, 4.69) is 202 Å². The van der Waals surface area contributed by atoms with Gasteiger partial charge in [-0.25, -0.2) is 0 Å². The Hall–Kier alpha value is -7.82. The monoisotopic (exact) mass is 739 g/mol. The van der Waals surface area contributed by atoms with Crippen molar-refractivity contribution in [2.24, 2.45) is 0 Å². The smallest absolute Gasteiger partial charge is 0.137 e. The zero-order valence-electron chi connectivity index (χ0n) is 31.3. The van der Waals surface area contributed by atoms with Crippen LogP contribution in [0.25, 0.3) is 116 Å². The minimum atomic E-state index is 0.890. The number of hydrogen-bond donors (Lipinski definition) is 0. The Kier molecular flexibility index (Phi) is 6.41. The summed E-state index contributed by atoms with van der Waals surface area (Å²) in [6.07, 6.45) is 0. The van der Waals surface area contributed by atoms with Crippen LogP contribution in [0.3, 0.4) is 0 Å². The van der Waals surface area contributed by atoms with E-state index >= 15 is 0 Å². The first-order chi connectivity index (χ1) is 28.8. The van der Waals surface area contributed by atoms with Crippen LogP contribution in [0, 0.1) is 0 Å². The van der Waals surface area contributed by atoms with Gasteiger partial charge in [0.1, 0.15) is 11.2 Å². The summed E-state index contributed by atoms with van der Waals surface area (Å²) in [6, 6.07) is 72.7. The third-order valence-electron chi connectivity index (χ3n) is 12.2. The lowest BCUT2D eigenvalue weighted by Gasteiger charge is -2.16. The molecule has 0 radical (unpaired) electrons. The van der Waals surface area contributed by atoms with Gasteiger partial charge in [0, 0.05) is 66.2 Å². The zero-order valence-corrected chi connectivity index (χ0v) is 31.3. The average Bonchev–Trinajstić information content (AvgIpc) is 4.02. The van der Waals surface area contributed by atoms with Crippen molar-refractivity contribution in [1.29, 1.82) is 0 Å². The fourth-order valence-electron chi connectivity index (χ4n) is 9.71. The molecule has 9 aromatic carbocycles. The highest BCUT2D eigenvalue weighted by Gasteiger charge is 2.19. The van der Waals surface area contributed by atoms with E-state index in [1.54, 1.807) is 0 Å². The highest BCUT2D eigenvalue weighted by molar-refractivity contribution is 6.13. The SMILES string of the molecule is c1ccc2c(c1)oc1cc(-n3c4ccccc4c4cc(-c5cc(-n6c7ccccc7c7ccccc76)cc(-n6c7ccccc7c7ccccc76)c5)ccc43)ccc12. The number of benzene rings is 9. The Bertz CT molecular complexity index is 3580. The Morgan fingerprint density at radius 3 is 1.19 bits per heavy atom. The molecule has 0 atom stereocenters. The highest BCUT2D eigenvalue weighted by Crippen LogP contribution is 2.41. The fraction of sp³-hybridized carbons (Fsp3) is 0. The van der Waals surface area contributed by atoms with Crippen LogP contribution in [-0.4, -0.2) is 13.7 Å². The maximum absolute atomic E-state index is 6.37. The molecule has 0 aliphatic rings. The van der Waals surface area contributed by atoms with Crippen LogP contribution in [-0.2, 0) is 0 Å². The van der Waals surface area contributed by atoms with Crippen molar-refractivity contribution < 1.29 is 4.42 Å². The number of hydrogen-bond acceptors (Lipinski definition) is 1. The second-order valence-electron chi connectivity index (χ2n) is 15.3. The molecule has 4 heteroatoms. The van der Waals surface area contributed by atoms with Gasteiger partial charge >= 0.3 is 0 Å². The van der Waals surface area contributed by atoms with Gasteiger partial charge in [-0.2, -0.15) is 0 Å². The van der Waals surface area contributed by atoms with Crippen LogP contribution < -0.4 is 0 Å². The molecule has 0 N–H and O–H groups in total. The van der Waals surface area contributed by atoms with E-state index in [-0.39, 0.29) is 0 Å². The summed E-state index contributed by atoms with van der Waals surface area (Å²) < 4.78 is 13.6. The largest absolute Gasteiger partial charge is 0.456 e. The van der Waals surface area contributed by atoms with Gasteiger partial charge in [0.15, 0.2) is 0 Å². The third-order valence-corrected chi connectivity index (χ3v) is 12.2. The average molecular weight is 740 g/mol. The van der Waals surface area contributed by atoms with E-state index in [1.807, 2.05) is 12.1 Å². The van der Waals surface area contributed by atoms with Gasteiger partial charge in [0.05, 0.1) is 33.1 Å². The second-order valence-corrected chi connectivity index (χ2v) is 15.3. The molecule has 0 aliphatic carbocycles. The van der Waals surface area contributed by atoms with Crippen molar-refractivity contribution in [2.75, 3.05) is 0 Å². The predicted molar refractivity (Wildman–Crippen MR) is 242 cm³/mol. The van der Waals surface area contributed by atoms with Crippen LogP contribution in [0.5, 0.6) is 0 Å². The minimum Gasteiger partial charge on any atom is -0.456 e. The van der Waals surface area contributed by atoms with Gasteiger partial charge in [-0.1, -0.05) is 115 Å². The zero-order chi connectivity index (χ0) is 37.9. The summed E-state index contributed by atoms with van der Waals surface area (Å²) in [6.45, 7) is 0. The molecule has 4 aromatic heterocycles. The topological polar surface area (TPSA) is 27.9 Å². The molecule has 13 aromatic rings. The van der Waals surface area contributed by atoms with Crippen molar-refractivity contribution in [3.05, 3.63) is 200 Å². The molecule has 0 aliphatic heterocycles. The summed E-state index contributed by atoms with van der Waals surface area (Å²) in [5, 5.41) is 9.68. The highest BCUT2D eigenvalue weighted by atomic mass is 16.3. The second kappa shape index (κ2) is 11.8. The molecule has 0 saturated carbocycles. The molecule has 4 heterocycles. The number of fused-ring (bicyclic) bond motifs is 12. The molecular weight excluding hydrogens is 707 g/mol. The maximum Gasteiger partial charge on any atom is 0.137 e. The molecule has 0 saturated heterocycles. The van der Waals surface area contributed by atoms with Crippen molar-refractivity contribution in [1.82, 2.24) is 13.7 Å². The van der Waals surface area contributed by atoms with E-state index < -0.39 is 0 Å².